The van der Waals surface area contributed by atoms with Gasteiger partial charge < -0.3 is 70.1 Å². The number of hydrogen-bond donors (Lipinski definition) is 5. The van der Waals surface area contributed by atoms with E-state index in [0.29, 0.717) is 12.8 Å². The second-order valence-electron chi connectivity index (χ2n) is 27.6. The molecule has 540 valence electrons. The number of aliphatic hydroxyl groups is 1. The molecule has 8 atom stereocenters. The second kappa shape index (κ2) is 37.8. The first kappa shape index (κ1) is 84.4. The van der Waals surface area contributed by atoms with E-state index in [2.05, 4.69) is 21.3 Å². The molecule has 25 nitrogen and oxygen atoms in total. The summed E-state index contributed by atoms with van der Waals surface area (Å²) in [6.45, 7) is 20.4. The Bertz CT molecular complexity index is 2800. The fourth-order valence-electron chi connectivity index (χ4n) is 10.4. The number of rotatable bonds is 19. The summed E-state index contributed by atoms with van der Waals surface area (Å²) in [6, 6.07) is -6.00. The van der Waals surface area contributed by atoms with Crippen LogP contribution < -0.4 is 21.3 Å². The van der Waals surface area contributed by atoms with Gasteiger partial charge in [-0.15, -0.1) is 0 Å². The summed E-state index contributed by atoms with van der Waals surface area (Å²) in [4.78, 5) is 167. The number of carbonyl (C=O) groups is 11. The molecule has 0 unspecified atom stereocenters. The standard InChI is InChI=1S/C66H109ClF3N11O14/c1-21-42(9)56-62(91)76(16)34-54(84)75(15)35-55(85)78(18)51(37-94-28-27-39(3)4)61(90)81(22-2)33-52(82)72-47(26-24-44-23-25-45(46(67)32-44)66(68,69)70)60(89)79(19)50(36-95-38-64(11,12)93)59(88)74-65(13,14)63(92)80(20)49(30-41(7)8)57(86)71-43(10)31-53(83)77(17)48(29-40(5)6)58(87)73-56/h23,25,32,39-43,47-51,56,93H,21-22,24,26-31,33-38H2,1-20H3,(H,71,86)(H,72,82)(H,73,87)(H,74,88)/t42-,43+,47-,48-,49-,50-,51-,56-/m0/s1. The third-order valence-corrected chi connectivity index (χ3v) is 17.0. The van der Waals surface area contributed by atoms with Crippen molar-refractivity contribution in [3.63, 3.8) is 0 Å². The van der Waals surface area contributed by atoms with E-state index in [-0.39, 0.29) is 81.8 Å². The minimum atomic E-state index is -4.80. The van der Waals surface area contributed by atoms with Crippen LogP contribution in [-0.4, -0.2) is 253 Å². The van der Waals surface area contributed by atoms with Crippen LogP contribution in [0.3, 0.4) is 0 Å². The van der Waals surface area contributed by atoms with Crippen LogP contribution in [0.25, 0.3) is 0 Å². The molecule has 1 aromatic rings. The number of halogens is 4. The lowest BCUT2D eigenvalue weighted by Crippen LogP contribution is -2.63. The van der Waals surface area contributed by atoms with Crippen LogP contribution in [0.2, 0.25) is 5.02 Å². The van der Waals surface area contributed by atoms with Gasteiger partial charge in [-0.25, -0.2) is 0 Å². The van der Waals surface area contributed by atoms with Crippen molar-refractivity contribution in [2.45, 2.75) is 201 Å². The first-order chi connectivity index (χ1) is 43.8. The number of aryl methyl sites for hydroxylation is 1. The lowest BCUT2D eigenvalue weighted by atomic mass is 9.95. The highest BCUT2D eigenvalue weighted by Gasteiger charge is 2.43. The second-order valence-corrected chi connectivity index (χ2v) is 28.1. The number of alkyl halides is 3. The average Bonchev–Trinajstić information content (AvgIpc) is 0.832. The maximum Gasteiger partial charge on any atom is 0.417 e. The molecule has 1 saturated heterocycles. The molecule has 0 aromatic heterocycles. The van der Waals surface area contributed by atoms with Gasteiger partial charge in [-0.1, -0.05) is 79.5 Å². The third-order valence-electron chi connectivity index (χ3n) is 16.6. The van der Waals surface area contributed by atoms with Gasteiger partial charge in [0.05, 0.1) is 55.6 Å². The van der Waals surface area contributed by atoms with Crippen LogP contribution >= 0.6 is 11.6 Å². The Morgan fingerprint density at radius 2 is 1.20 bits per heavy atom. The molecule has 5 N–H and O–H groups in total. The highest BCUT2D eigenvalue weighted by atomic mass is 35.5. The molecule has 2 rings (SSSR count). The number of amides is 11. The SMILES string of the molecule is CC[C@H](C)[C@@H]1NC(=O)[C@H](CC(C)C)N(C)C(=O)C[C@@H](C)NC(=O)[C@H](CC(C)C)N(C)C(=O)C(C)(C)NC(=O)[C@H](COCC(C)(C)O)N(C)C(=O)[C@H](CCc2ccc(C(F)(F)F)c(Cl)c2)NC(=O)CN(CC)C(=O)[C@H](COCCC(C)C)N(C)C(=O)CN(C)C(=O)CN(C)C1=O. The zero-order valence-corrected chi connectivity index (χ0v) is 60.3. The van der Waals surface area contributed by atoms with Gasteiger partial charge in [0.1, 0.15) is 41.8 Å². The molecular formula is C66H109ClF3N11O14. The van der Waals surface area contributed by atoms with Gasteiger partial charge in [0.25, 0.3) is 0 Å². The minimum Gasteiger partial charge on any atom is -0.388 e. The first-order valence-electron chi connectivity index (χ1n) is 32.6. The molecular weight excluding hydrogens is 1260 g/mol. The first-order valence-corrected chi connectivity index (χ1v) is 33.0. The molecule has 95 heavy (non-hydrogen) atoms. The quantitative estimate of drug-likeness (QED) is 0.122. The largest absolute Gasteiger partial charge is 0.417 e. The van der Waals surface area contributed by atoms with Crippen LogP contribution in [0.5, 0.6) is 0 Å². The number of benzene rings is 1. The van der Waals surface area contributed by atoms with Gasteiger partial charge in [0.15, 0.2) is 0 Å². The van der Waals surface area contributed by atoms with Crippen molar-refractivity contribution in [1.29, 1.82) is 0 Å². The van der Waals surface area contributed by atoms with Gasteiger partial charge in [0, 0.05) is 67.9 Å². The molecule has 0 aliphatic carbocycles. The molecule has 1 heterocycles. The normalized spacial score (nSPS) is 23.4. The molecule has 1 aliphatic heterocycles. The summed E-state index contributed by atoms with van der Waals surface area (Å²) >= 11 is 6.10. The summed E-state index contributed by atoms with van der Waals surface area (Å²) in [7, 11) is 8.03. The smallest absolute Gasteiger partial charge is 0.388 e. The molecule has 0 radical (unpaired) electrons. The van der Waals surface area contributed by atoms with Crippen LogP contribution in [-0.2, 0) is 74.8 Å². The summed E-state index contributed by atoms with van der Waals surface area (Å²) in [5.41, 5.74) is -4.21. The molecule has 11 amide bonds. The van der Waals surface area contributed by atoms with E-state index < -0.39 is 167 Å². The van der Waals surface area contributed by atoms with E-state index in [4.69, 9.17) is 21.1 Å². The zero-order valence-electron chi connectivity index (χ0n) is 59.6. The molecule has 0 bridgehead atoms. The van der Waals surface area contributed by atoms with Crippen molar-refractivity contribution in [2.75, 3.05) is 94.9 Å². The summed E-state index contributed by atoms with van der Waals surface area (Å²) in [5, 5.41) is 21.0. The van der Waals surface area contributed by atoms with Crippen LogP contribution in [0, 0.1) is 23.7 Å². The fourth-order valence-corrected chi connectivity index (χ4v) is 10.8. The third kappa shape index (κ3) is 26.7. The Morgan fingerprint density at radius 1 is 0.653 bits per heavy atom. The maximum atomic E-state index is 15.1. The van der Waals surface area contributed by atoms with Crippen molar-refractivity contribution in [1.82, 2.24) is 55.6 Å². The van der Waals surface area contributed by atoms with Gasteiger partial charge in [0.2, 0.25) is 65.0 Å². The van der Waals surface area contributed by atoms with E-state index in [0.717, 1.165) is 47.6 Å². The number of nitrogens with zero attached hydrogens (tertiary/aromatic N) is 7. The van der Waals surface area contributed by atoms with Gasteiger partial charge >= 0.3 is 6.18 Å². The van der Waals surface area contributed by atoms with Gasteiger partial charge in [-0.2, -0.15) is 13.2 Å². The number of carbonyl (C=O) groups excluding carboxylic acids is 11. The number of nitrogens with one attached hydrogen (secondary N) is 4. The van der Waals surface area contributed by atoms with E-state index in [1.165, 1.54) is 74.9 Å². The Balaban J connectivity index is 2.96. The van der Waals surface area contributed by atoms with Crippen molar-refractivity contribution in [3.8, 4) is 0 Å². The summed E-state index contributed by atoms with van der Waals surface area (Å²) < 4.78 is 53.2. The lowest BCUT2D eigenvalue weighted by molar-refractivity contribution is -0.151. The predicted octanol–water partition coefficient (Wildman–Crippen LogP) is 4.13. The van der Waals surface area contributed by atoms with Crippen LogP contribution in [0.1, 0.15) is 147 Å². The van der Waals surface area contributed by atoms with E-state index in [1.54, 1.807) is 20.8 Å². The van der Waals surface area contributed by atoms with E-state index in [1.807, 2.05) is 48.5 Å². The highest BCUT2D eigenvalue weighted by Crippen LogP contribution is 2.35. The Morgan fingerprint density at radius 3 is 1.73 bits per heavy atom. The van der Waals surface area contributed by atoms with Gasteiger partial charge in [-0.05, 0) is 115 Å². The monoisotopic (exact) mass is 1370 g/mol. The molecule has 1 fully saturated rings. The molecule has 0 saturated carbocycles. The topological polar surface area (TPSA) is 297 Å². The van der Waals surface area contributed by atoms with Crippen LogP contribution in [0.4, 0.5) is 13.2 Å². The molecule has 29 heteroatoms. The summed E-state index contributed by atoms with van der Waals surface area (Å²) in [5.74, 6) is -8.92. The highest BCUT2D eigenvalue weighted by molar-refractivity contribution is 6.31. The number of ether oxygens (including phenoxy) is 2. The Kier molecular flexibility index (Phi) is 33.6. The number of hydrogen-bond acceptors (Lipinski definition) is 14. The van der Waals surface area contributed by atoms with Crippen LogP contribution in [0.15, 0.2) is 18.2 Å². The van der Waals surface area contributed by atoms with E-state index in [9.17, 15) is 66.2 Å². The maximum absolute atomic E-state index is 15.1. The molecule has 1 aromatic carbocycles. The number of likely N-dealkylation sites (N-methyl/N-ethyl adjacent to an activating group) is 7. The van der Waals surface area contributed by atoms with Crippen molar-refractivity contribution in [3.05, 3.63) is 34.3 Å². The average molecular weight is 1370 g/mol. The van der Waals surface area contributed by atoms with Crippen molar-refractivity contribution in [2.24, 2.45) is 23.7 Å². The van der Waals surface area contributed by atoms with Crippen molar-refractivity contribution >= 4 is 76.6 Å². The van der Waals surface area contributed by atoms with Crippen molar-refractivity contribution < 1.29 is 80.5 Å². The Hall–Kier alpha value is -6.65. The molecule has 0 spiro atoms. The van der Waals surface area contributed by atoms with Gasteiger partial charge in [-0.3, -0.25) is 52.7 Å². The zero-order chi connectivity index (χ0) is 72.9. The minimum absolute atomic E-state index is 0.107. The lowest BCUT2D eigenvalue weighted by Gasteiger charge is -2.38. The summed E-state index contributed by atoms with van der Waals surface area (Å²) in [6.07, 6.45) is -4.36. The Labute approximate surface area is 564 Å². The van der Waals surface area contributed by atoms with E-state index >= 15 is 4.79 Å². The predicted molar refractivity (Wildman–Crippen MR) is 353 cm³/mol. The fraction of sp³-hybridized carbons (Fsp3) is 0.742. The molecule has 1 aliphatic rings.